The van der Waals surface area contributed by atoms with E-state index < -0.39 is 0 Å². The van der Waals surface area contributed by atoms with E-state index >= 15 is 0 Å². The molecule has 0 aromatic heterocycles. The fraction of sp³-hybridized carbons (Fsp3) is 0.667. The zero-order chi connectivity index (χ0) is 5.86. The predicted octanol–water partition coefficient (Wildman–Crippen LogP) is 2.17. The maximum absolute atomic E-state index is 11.5. The summed E-state index contributed by atoms with van der Waals surface area (Å²) >= 11 is 0. The van der Waals surface area contributed by atoms with Crippen LogP contribution in [-0.4, -0.2) is 6.67 Å². The van der Waals surface area contributed by atoms with Gasteiger partial charge in [-0.2, -0.15) is 0 Å². The number of hydrogen-bond donors (Lipinski definition) is 0. The van der Waals surface area contributed by atoms with E-state index in [1.807, 2.05) is 13.8 Å². The summed E-state index contributed by atoms with van der Waals surface area (Å²) in [5, 5.41) is 0. The first-order valence-electron chi connectivity index (χ1n) is 2.42. The third-order valence-electron chi connectivity index (χ3n) is 0.988. The molecule has 0 aliphatic heterocycles. The molecule has 0 aromatic carbocycles. The third-order valence-corrected chi connectivity index (χ3v) is 0.988. The molecular weight excluding hydrogens is 91.1 g/mol. The molecule has 0 nitrogen and oxygen atoms in total. The highest BCUT2D eigenvalue weighted by Gasteiger charge is 1.95. The molecule has 0 spiro atoms. The molecule has 42 valence electrons. The molecule has 0 heterocycles. The quantitative estimate of drug-likeness (QED) is 0.469. The Morgan fingerprint density at radius 1 is 1.71 bits per heavy atom. The first kappa shape index (κ1) is 6.67. The molecule has 0 N–H and O–H groups in total. The topological polar surface area (TPSA) is 0 Å². The molecular formula is C6H11F. The van der Waals surface area contributed by atoms with E-state index in [0.717, 1.165) is 0 Å². The summed E-state index contributed by atoms with van der Waals surface area (Å²) < 4.78 is 11.5. The van der Waals surface area contributed by atoms with Crippen LogP contribution in [0.3, 0.4) is 0 Å². The molecule has 0 amide bonds. The van der Waals surface area contributed by atoms with Crippen molar-refractivity contribution in [3.8, 4) is 0 Å². The number of rotatable bonds is 2. The van der Waals surface area contributed by atoms with Crippen LogP contribution in [0.1, 0.15) is 13.8 Å². The van der Waals surface area contributed by atoms with Crippen LogP contribution in [0.5, 0.6) is 0 Å². The molecule has 0 aliphatic carbocycles. The van der Waals surface area contributed by atoms with Crippen LogP contribution in [0.4, 0.5) is 4.39 Å². The predicted molar refractivity (Wildman–Crippen MR) is 30.0 cm³/mol. The maximum Gasteiger partial charge on any atom is 0.111 e. The first-order chi connectivity index (χ1) is 3.18. The highest BCUT2D eigenvalue weighted by atomic mass is 19.1. The summed E-state index contributed by atoms with van der Waals surface area (Å²) in [5.41, 5.74) is 0.681. The Morgan fingerprint density at radius 3 is 2.14 bits per heavy atom. The van der Waals surface area contributed by atoms with Crippen LogP contribution in [0.25, 0.3) is 0 Å². The zero-order valence-corrected chi connectivity index (χ0v) is 4.87. The summed E-state index contributed by atoms with van der Waals surface area (Å²) in [6.45, 7) is 6.99. The molecule has 0 bridgehead atoms. The molecule has 1 heteroatoms. The average Bonchev–Trinajstić information content (AvgIpc) is 1.65. The largest absolute Gasteiger partial charge is 0.246 e. The van der Waals surface area contributed by atoms with Gasteiger partial charge in [0.15, 0.2) is 0 Å². The van der Waals surface area contributed by atoms with Crippen LogP contribution in [0, 0.1) is 5.92 Å². The van der Waals surface area contributed by atoms with Crippen molar-refractivity contribution < 1.29 is 4.39 Å². The van der Waals surface area contributed by atoms with Crippen molar-refractivity contribution in [3.63, 3.8) is 0 Å². The smallest absolute Gasteiger partial charge is 0.111 e. The second-order valence-electron chi connectivity index (χ2n) is 1.95. The van der Waals surface area contributed by atoms with Crippen molar-refractivity contribution in [2.75, 3.05) is 6.67 Å². The van der Waals surface area contributed by atoms with Gasteiger partial charge in [0.25, 0.3) is 0 Å². The highest BCUT2D eigenvalue weighted by Crippen LogP contribution is 2.05. The second kappa shape index (κ2) is 2.78. The molecule has 0 radical (unpaired) electrons. The Balaban J connectivity index is 3.35. The Hall–Kier alpha value is -0.330. The molecule has 0 saturated carbocycles. The zero-order valence-electron chi connectivity index (χ0n) is 4.87. The maximum atomic E-state index is 11.5. The minimum absolute atomic E-state index is 0.296. The van der Waals surface area contributed by atoms with E-state index in [9.17, 15) is 4.39 Å². The van der Waals surface area contributed by atoms with Crippen molar-refractivity contribution in [3.05, 3.63) is 12.2 Å². The molecule has 0 rings (SSSR count). The van der Waals surface area contributed by atoms with E-state index in [1.165, 1.54) is 0 Å². The van der Waals surface area contributed by atoms with Crippen molar-refractivity contribution >= 4 is 0 Å². The number of halogens is 1. The third kappa shape index (κ3) is 2.38. The summed E-state index contributed by atoms with van der Waals surface area (Å²) in [6.07, 6.45) is 0. The Bertz CT molecular complexity index is 64.6. The summed E-state index contributed by atoms with van der Waals surface area (Å²) in [7, 11) is 0. The van der Waals surface area contributed by atoms with Gasteiger partial charge in [0.05, 0.1) is 0 Å². The SMILES string of the molecule is C=C(CF)C(C)C. The van der Waals surface area contributed by atoms with Crippen molar-refractivity contribution in [1.82, 2.24) is 0 Å². The van der Waals surface area contributed by atoms with Crippen molar-refractivity contribution in [1.29, 1.82) is 0 Å². The highest BCUT2D eigenvalue weighted by molar-refractivity contribution is 4.96. The molecule has 0 atom stereocenters. The van der Waals surface area contributed by atoms with E-state index in [0.29, 0.717) is 11.5 Å². The van der Waals surface area contributed by atoms with Gasteiger partial charge in [0, 0.05) is 0 Å². The molecule has 0 aliphatic rings. The lowest BCUT2D eigenvalue weighted by molar-refractivity contribution is 0.510. The van der Waals surface area contributed by atoms with E-state index in [-0.39, 0.29) is 6.67 Å². The average molecular weight is 102 g/mol. The van der Waals surface area contributed by atoms with Gasteiger partial charge in [0.1, 0.15) is 6.67 Å². The monoisotopic (exact) mass is 102 g/mol. The standard InChI is InChI=1S/C6H11F/c1-5(2)6(3)4-7/h5H,3-4H2,1-2H3. The first-order valence-corrected chi connectivity index (χ1v) is 2.42. The number of hydrogen-bond acceptors (Lipinski definition) is 0. The van der Waals surface area contributed by atoms with Gasteiger partial charge in [-0.15, -0.1) is 0 Å². The van der Waals surface area contributed by atoms with Crippen molar-refractivity contribution in [2.24, 2.45) is 5.92 Å². The van der Waals surface area contributed by atoms with Gasteiger partial charge < -0.3 is 0 Å². The summed E-state index contributed by atoms with van der Waals surface area (Å²) in [4.78, 5) is 0. The normalized spacial score (nSPS) is 9.71. The lowest BCUT2D eigenvalue weighted by Gasteiger charge is -2.00. The molecule has 0 fully saturated rings. The fourth-order valence-electron chi connectivity index (χ4n) is 0.154. The van der Waals surface area contributed by atoms with Crippen LogP contribution in [0.2, 0.25) is 0 Å². The van der Waals surface area contributed by atoms with E-state index in [4.69, 9.17) is 0 Å². The summed E-state index contributed by atoms with van der Waals surface area (Å²) in [6, 6.07) is 0. The van der Waals surface area contributed by atoms with Crippen LogP contribution >= 0.6 is 0 Å². The van der Waals surface area contributed by atoms with Crippen LogP contribution < -0.4 is 0 Å². The van der Waals surface area contributed by atoms with Gasteiger partial charge >= 0.3 is 0 Å². The van der Waals surface area contributed by atoms with Gasteiger partial charge in [0.2, 0.25) is 0 Å². The van der Waals surface area contributed by atoms with Crippen LogP contribution in [0.15, 0.2) is 12.2 Å². The lowest BCUT2D eigenvalue weighted by atomic mass is 10.1. The Morgan fingerprint density at radius 2 is 2.14 bits per heavy atom. The van der Waals surface area contributed by atoms with E-state index in [2.05, 4.69) is 6.58 Å². The second-order valence-corrected chi connectivity index (χ2v) is 1.95. The Kier molecular flexibility index (Phi) is 2.65. The van der Waals surface area contributed by atoms with Gasteiger partial charge in [-0.1, -0.05) is 20.4 Å². The lowest BCUT2D eigenvalue weighted by Crippen LogP contribution is -1.92. The van der Waals surface area contributed by atoms with Gasteiger partial charge in [-0.05, 0) is 11.5 Å². The summed E-state index contributed by atoms with van der Waals surface area (Å²) in [5.74, 6) is 0.296. The van der Waals surface area contributed by atoms with Crippen LogP contribution in [-0.2, 0) is 0 Å². The van der Waals surface area contributed by atoms with Gasteiger partial charge in [-0.3, -0.25) is 0 Å². The van der Waals surface area contributed by atoms with Crippen molar-refractivity contribution in [2.45, 2.75) is 13.8 Å². The van der Waals surface area contributed by atoms with E-state index in [1.54, 1.807) is 0 Å². The minimum Gasteiger partial charge on any atom is -0.246 e. The minimum atomic E-state index is -0.377. The number of alkyl halides is 1. The van der Waals surface area contributed by atoms with Gasteiger partial charge in [-0.25, -0.2) is 4.39 Å². The number of allylic oxidation sites excluding steroid dienone is 1. The molecule has 0 unspecified atom stereocenters. The molecule has 7 heavy (non-hydrogen) atoms. The Labute approximate surface area is 44.0 Å². The fourth-order valence-corrected chi connectivity index (χ4v) is 0.154. The molecule has 0 saturated heterocycles. The molecule has 0 aromatic rings.